The van der Waals surface area contributed by atoms with E-state index in [0.29, 0.717) is 11.3 Å². The van der Waals surface area contributed by atoms with Gasteiger partial charge in [0.2, 0.25) is 0 Å². The number of benzene rings is 1. The minimum absolute atomic E-state index is 0.171. The van der Waals surface area contributed by atoms with Crippen molar-refractivity contribution < 1.29 is 23.6 Å². The largest absolute Gasteiger partial charge is 0.414 e. The summed E-state index contributed by atoms with van der Waals surface area (Å²) >= 11 is 0. The molecule has 1 aliphatic carbocycles. The first-order valence-electron chi connectivity index (χ1n) is 9.34. The van der Waals surface area contributed by atoms with Crippen LogP contribution in [0.2, 0.25) is 19.1 Å². The van der Waals surface area contributed by atoms with Crippen LogP contribution in [0.1, 0.15) is 51.0 Å². The lowest BCUT2D eigenvalue weighted by atomic mass is 9.77. The van der Waals surface area contributed by atoms with Crippen LogP contribution in [-0.2, 0) is 14.1 Å². The predicted octanol–water partition coefficient (Wildman–Crippen LogP) is 4.34. The molecule has 1 aromatic rings. The van der Waals surface area contributed by atoms with E-state index in [2.05, 4.69) is 30.3 Å². The van der Waals surface area contributed by atoms with Crippen LogP contribution in [0.3, 0.4) is 0 Å². The zero-order valence-corrected chi connectivity index (χ0v) is 17.0. The van der Waals surface area contributed by atoms with Gasteiger partial charge in [-0.1, -0.05) is 25.8 Å². The van der Waals surface area contributed by atoms with Crippen LogP contribution >= 0.6 is 0 Å². The second-order valence-electron chi connectivity index (χ2n) is 7.71. The summed E-state index contributed by atoms with van der Waals surface area (Å²) in [5.41, 5.74) is 3.36. The second-order valence-corrected chi connectivity index (χ2v) is 12.0. The number of hydrogen-bond acceptors (Lipinski definition) is 5. The highest BCUT2D eigenvalue weighted by Gasteiger charge is 2.36. The van der Waals surface area contributed by atoms with Crippen molar-refractivity contribution in [1.82, 2.24) is 0 Å². The van der Waals surface area contributed by atoms with E-state index >= 15 is 0 Å². The van der Waals surface area contributed by atoms with Crippen molar-refractivity contribution in [3.63, 3.8) is 0 Å². The van der Waals surface area contributed by atoms with E-state index in [1.54, 1.807) is 12.1 Å². The third-order valence-corrected chi connectivity index (χ3v) is 7.29. The van der Waals surface area contributed by atoms with Gasteiger partial charge in [0.25, 0.3) is 0 Å². The zero-order chi connectivity index (χ0) is 19.3. The highest BCUT2D eigenvalue weighted by molar-refractivity contribution is 6.71. The first-order chi connectivity index (χ1) is 12.2. The lowest BCUT2D eigenvalue weighted by Crippen LogP contribution is -2.41. The van der Waals surface area contributed by atoms with Gasteiger partial charge in [0.05, 0.1) is 5.69 Å². The van der Waals surface area contributed by atoms with Gasteiger partial charge in [0.1, 0.15) is 5.82 Å². The maximum atomic E-state index is 14.4. The SMILES string of the molecule is CCCC[Si](C)(C)OC1CC(c2ccc(NOC(=O)C(C)O)cc2F)C1. The Bertz CT molecular complexity index is 618. The van der Waals surface area contributed by atoms with E-state index in [-0.39, 0.29) is 17.8 Å². The van der Waals surface area contributed by atoms with E-state index < -0.39 is 20.4 Å². The lowest BCUT2D eigenvalue weighted by Gasteiger charge is -2.40. The molecular formula is C19H30FNO4Si. The summed E-state index contributed by atoms with van der Waals surface area (Å²) < 4.78 is 20.7. The quantitative estimate of drug-likeness (QED) is 0.490. The number of aliphatic hydroxyl groups is 1. The normalized spacial score (nSPS) is 21.0. The summed E-state index contributed by atoms with van der Waals surface area (Å²) in [5, 5.41) is 9.07. The summed E-state index contributed by atoms with van der Waals surface area (Å²) in [6.45, 7) is 8.00. The van der Waals surface area contributed by atoms with Crippen LogP contribution in [0.15, 0.2) is 18.2 Å². The first kappa shape index (κ1) is 20.9. The molecule has 0 aliphatic heterocycles. The molecule has 1 saturated carbocycles. The van der Waals surface area contributed by atoms with Crippen molar-refractivity contribution in [2.24, 2.45) is 0 Å². The number of anilines is 1. The molecule has 0 bridgehead atoms. The molecule has 2 N–H and O–H groups in total. The smallest absolute Gasteiger partial charge is 0.359 e. The molecule has 0 heterocycles. The zero-order valence-electron chi connectivity index (χ0n) is 16.0. The van der Waals surface area contributed by atoms with E-state index in [4.69, 9.17) is 9.53 Å². The number of hydrogen-bond donors (Lipinski definition) is 2. The van der Waals surface area contributed by atoms with Crippen LogP contribution in [-0.4, -0.2) is 31.6 Å². The van der Waals surface area contributed by atoms with Gasteiger partial charge in [-0.25, -0.2) is 14.7 Å². The molecule has 0 saturated heterocycles. The first-order valence-corrected chi connectivity index (χ1v) is 12.5. The maximum Gasteiger partial charge on any atom is 0.359 e. The molecule has 26 heavy (non-hydrogen) atoms. The summed E-state index contributed by atoms with van der Waals surface area (Å²) in [7, 11) is -1.61. The minimum Gasteiger partial charge on any atom is -0.414 e. The van der Waals surface area contributed by atoms with Gasteiger partial charge in [-0.05, 0) is 56.5 Å². The average molecular weight is 384 g/mol. The van der Waals surface area contributed by atoms with Gasteiger partial charge in [-0.15, -0.1) is 0 Å². The number of halogens is 1. The van der Waals surface area contributed by atoms with E-state index in [0.717, 1.165) is 12.8 Å². The standard InChI is InChI=1S/C19H30FNO4Si/c1-5-6-9-26(3,4)25-16-10-14(11-16)17-8-7-15(12-18(17)20)21-24-19(23)13(2)22/h7-8,12-14,16,21-22H,5-6,9-11H2,1-4H3. The number of carbonyl (C=O) groups excluding carboxylic acids is 1. The maximum absolute atomic E-state index is 14.4. The van der Waals surface area contributed by atoms with Gasteiger partial charge < -0.3 is 14.4 Å². The van der Waals surface area contributed by atoms with Gasteiger partial charge in [0.15, 0.2) is 14.4 Å². The molecule has 146 valence electrons. The Balaban J connectivity index is 1.85. The Morgan fingerprint density at radius 2 is 2.12 bits per heavy atom. The second kappa shape index (κ2) is 8.97. The summed E-state index contributed by atoms with van der Waals surface area (Å²) in [6, 6.07) is 5.86. The Hall–Kier alpha value is -1.44. The van der Waals surface area contributed by atoms with Crippen LogP contribution in [0.5, 0.6) is 0 Å². The molecule has 7 heteroatoms. The van der Waals surface area contributed by atoms with E-state index in [1.807, 2.05) is 0 Å². The molecule has 0 radical (unpaired) electrons. The van der Waals surface area contributed by atoms with Crippen molar-refractivity contribution in [1.29, 1.82) is 0 Å². The average Bonchev–Trinajstić information content (AvgIpc) is 2.54. The Morgan fingerprint density at radius 1 is 1.42 bits per heavy atom. The minimum atomic E-state index is -1.61. The van der Waals surface area contributed by atoms with E-state index in [1.165, 1.54) is 31.9 Å². The van der Waals surface area contributed by atoms with Crippen LogP contribution < -0.4 is 5.48 Å². The fraction of sp³-hybridized carbons (Fsp3) is 0.632. The van der Waals surface area contributed by atoms with Gasteiger partial charge >= 0.3 is 5.97 Å². The molecule has 2 rings (SSSR count). The fourth-order valence-corrected chi connectivity index (χ4v) is 5.56. The molecule has 1 unspecified atom stereocenters. The molecule has 1 atom stereocenters. The van der Waals surface area contributed by atoms with Gasteiger partial charge in [-0.3, -0.25) is 0 Å². The van der Waals surface area contributed by atoms with Crippen LogP contribution in [0, 0.1) is 5.82 Å². The molecule has 1 fully saturated rings. The lowest BCUT2D eigenvalue weighted by molar-refractivity contribution is -0.149. The topological polar surface area (TPSA) is 67.8 Å². The molecule has 0 amide bonds. The number of unbranched alkanes of at least 4 members (excludes halogenated alkanes) is 1. The van der Waals surface area contributed by atoms with Crippen LogP contribution in [0.4, 0.5) is 10.1 Å². The Kier molecular flexibility index (Phi) is 7.20. The molecular weight excluding hydrogens is 353 g/mol. The third-order valence-electron chi connectivity index (χ3n) is 4.76. The monoisotopic (exact) mass is 383 g/mol. The number of carbonyl (C=O) groups is 1. The van der Waals surface area contributed by atoms with Crippen molar-refractivity contribution >= 4 is 20.0 Å². The summed E-state index contributed by atoms with van der Waals surface area (Å²) in [4.78, 5) is 15.9. The van der Waals surface area contributed by atoms with Crippen molar-refractivity contribution in [2.45, 2.75) is 76.8 Å². The number of nitrogens with one attached hydrogen (secondary N) is 1. The van der Waals surface area contributed by atoms with Gasteiger partial charge in [0, 0.05) is 12.2 Å². The molecule has 0 aromatic heterocycles. The molecule has 5 nitrogen and oxygen atoms in total. The Morgan fingerprint density at radius 3 is 2.69 bits per heavy atom. The predicted molar refractivity (Wildman–Crippen MR) is 102 cm³/mol. The fourth-order valence-electron chi connectivity index (χ4n) is 3.14. The highest BCUT2D eigenvalue weighted by atomic mass is 28.4. The van der Waals surface area contributed by atoms with Crippen molar-refractivity contribution in [3.05, 3.63) is 29.6 Å². The van der Waals surface area contributed by atoms with Crippen LogP contribution in [0.25, 0.3) is 0 Å². The summed E-state index contributed by atoms with van der Waals surface area (Å²) in [5.74, 6) is -0.970. The van der Waals surface area contributed by atoms with E-state index in [9.17, 15) is 9.18 Å². The highest BCUT2D eigenvalue weighted by Crippen LogP contribution is 2.41. The molecule has 1 aliphatic rings. The number of aliphatic hydroxyl groups excluding tert-OH is 1. The molecule has 1 aromatic carbocycles. The van der Waals surface area contributed by atoms with Gasteiger partial charge in [-0.2, -0.15) is 0 Å². The molecule has 0 spiro atoms. The summed E-state index contributed by atoms with van der Waals surface area (Å²) in [6.07, 6.45) is 3.10. The number of rotatable bonds is 9. The Labute approximate surface area is 156 Å². The van der Waals surface area contributed by atoms with Crippen molar-refractivity contribution in [2.75, 3.05) is 5.48 Å². The van der Waals surface area contributed by atoms with Crippen molar-refractivity contribution in [3.8, 4) is 0 Å². The third kappa shape index (κ3) is 5.79.